The van der Waals surface area contributed by atoms with Crippen molar-refractivity contribution in [2.24, 2.45) is 0 Å². The van der Waals surface area contributed by atoms with Crippen LogP contribution in [0, 0.1) is 63.7 Å². The molecule has 0 atom stereocenters. The Morgan fingerprint density at radius 3 is 0.764 bits per heavy atom. The Morgan fingerprint density at radius 2 is 0.464 bits per heavy atom. The van der Waals surface area contributed by atoms with E-state index < -0.39 is 0 Å². The quantitative estimate of drug-likeness (QED) is 0.0264. The summed E-state index contributed by atoms with van der Waals surface area (Å²) in [4.78, 5) is 33.3. The Morgan fingerprint density at radius 1 is 0.200 bits per heavy atom. The molecule has 14 rings (SSSR count). The predicted octanol–water partition coefficient (Wildman–Crippen LogP) is 36.2. The van der Waals surface area contributed by atoms with E-state index in [9.17, 15) is 0 Å². The average molecular weight is 1720 g/mol. The van der Waals surface area contributed by atoms with Crippen molar-refractivity contribution < 1.29 is 17.1 Å². The van der Waals surface area contributed by atoms with Gasteiger partial charge in [0.25, 0.3) is 0 Å². The number of rotatable bonds is 45. The van der Waals surface area contributed by atoms with E-state index in [-0.39, 0.29) is 17.1 Å². The smallest absolute Gasteiger partial charge is 0.143 e. The minimum Gasteiger partial charge on any atom is -0.143 e. The number of hydrogen-bond acceptors (Lipinski definition) is 12. The Balaban J connectivity index is 0.00000180. The molecule has 0 amide bonds. The van der Waals surface area contributed by atoms with Crippen LogP contribution < -0.4 is 0 Å². The summed E-state index contributed by atoms with van der Waals surface area (Å²) < 4.78 is 0. The molecule has 12 aromatic rings. The zero-order chi connectivity index (χ0) is 74.9. The number of thiophene rings is 12. The van der Waals surface area contributed by atoms with Crippen molar-refractivity contribution in [2.45, 2.75) is 253 Å². The molecule has 0 nitrogen and oxygen atoms in total. The van der Waals surface area contributed by atoms with Gasteiger partial charge >= 0.3 is 17.1 Å². The number of aryl methyl sites for hydroxylation is 7. The molecule has 0 aliphatic heterocycles. The van der Waals surface area contributed by atoms with E-state index in [0.29, 0.717) is 0 Å². The van der Waals surface area contributed by atoms with Crippen molar-refractivity contribution in [1.29, 1.82) is 0 Å². The summed E-state index contributed by atoms with van der Waals surface area (Å²) in [7, 11) is 0. The Hall–Kier alpha value is -3.08. The monoisotopic (exact) mass is 1720 g/mol. The molecule has 0 N–H and O–H groups in total. The molecule has 10 radical (unpaired) electrons. The standard InChI is InChI=1S/C92H107S12.C5H5.Fe/c1-7-13-19-25-37-64-56-57-93-87(64)77-50-44-71(95-77)72-46-52-79(97-72)89-66(39-27-21-15-9-3)59-83(101-89)84-61-68(41-29-23-17-11-5)91(103-84)81-54-48-75(99-81)76-49-55-82(100-76)92-69(42-30-24-18-12-6)62-86(104-92)85-60-67(40-28-22-16-10-4)90(102-85)80-53-47-74(98-80)73-45-51-78(96-73)88-65(38-26-20-14-8-2)58-70(94-88)43-33-36-63-34-31-32-35-63;1-2-4-5-3-1;/h31-32,34-35,44-62H,7-30,33,36-43H2,1-6H3;1-5H;/q;;+2. The van der Waals surface area contributed by atoms with Gasteiger partial charge in [-0.1, -0.05) is 157 Å². The Labute approximate surface area is 722 Å². The Bertz CT molecular complexity index is 4600. The van der Waals surface area contributed by atoms with Crippen molar-refractivity contribution in [1.82, 2.24) is 0 Å². The van der Waals surface area contributed by atoms with Crippen molar-refractivity contribution in [3.05, 3.63) is 217 Å². The van der Waals surface area contributed by atoms with Crippen molar-refractivity contribution in [2.75, 3.05) is 0 Å². The minimum absolute atomic E-state index is 0. The first kappa shape index (κ1) is 86.3. The van der Waals surface area contributed by atoms with Crippen LogP contribution in [0.2, 0.25) is 0 Å². The summed E-state index contributed by atoms with van der Waals surface area (Å²) in [5.74, 6) is 1.47. The normalized spacial score (nSPS) is 13.2. The molecule has 2 aliphatic rings. The van der Waals surface area contributed by atoms with Gasteiger partial charge in [0, 0.05) is 112 Å². The fourth-order valence-electron chi connectivity index (χ4n) is 14.9. The topological polar surface area (TPSA) is 0 Å². The maximum Gasteiger partial charge on any atom is 2.00 e. The largest absolute Gasteiger partial charge is 2.00 e. The fourth-order valence-corrected chi connectivity index (χ4v) is 29.3. The van der Waals surface area contributed by atoms with Gasteiger partial charge < -0.3 is 0 Å². The summed E-state index contributed by atoms with van der Waals surface area (Å²) in [5.41, 5.74) is 9.27. The molecule has 110 heavy (non-hydrogen) atoms. The molecule has 578 valence electrons. The van der Waals surface area contributed by atoms with E-state index in [0.717, 1.165) is 38.5 Å². The van der Waals surface area contributed by atoms with Crippen molar-refractivity contribution >= 4 is 136 Å². The van der Waals surface area contributed by atoms with E-state index >= 15 is 0 Å². The maximum absolute atomic E-state index is 2.62. The van der Waals surface area contributed by atoms with Crippen LogP contribution in [-0.2, 0) is 62.0 Å². The molecule has 2 aliphatic carbocycles. The van der Waals surface area contributed by atoms with Gasteiger partial charge in [-0.2, -0.15) is 0 Å². The third kappa shape index (κ3) is 23.6. The predicted molar refractivity (Wildman–Crippen MR) is 503 cm³/mol. The van der Waals surface area contributed by atoms with E-state index in [1.165, 1.54) is 292 Å². The summed E-state index contributed by atoms with van der Waals surface area (Å²) in [6.07, 6.45) is 60.3. The zero-order valence-corrected chi connectivity index (χ0v) is 76.7. The van der Waals surface area contributed by atoms with Crippen LogP contribution in [0.15, 0.2) is 115 Å². The third-order valence-corrected chi connectivity index (χ3v) is 36.5. The Kier molecular flexibility index (Phi) is 35.8. The maximum atomic E-state index is 2.62. The second-order valence-electron chi connectivity index (χ2n) is 29.7. The number of hydrogen-bond donors (Lipinski definition) is 0. The van der Waals surface area contributed by atoms with Crippen LogP contribution in [0.5, 0.6) is 0 Å². The van der Waals surface area contributed by atoms with E-state index in [2.05, 4.69) is 238 Å². The number of unbranched alkanes of at least 4 members (excludes halogenated alkanes) is 18. The first-order valence-corrected chi connectivity index (χ1v) is 51.3. The SMILES string of the molecule is CCCCCCc1ccsc1-c1ccc(-c2ccc(-c3sc(-c4cc(CCCCCC)c(-c5ccc(-c6ccc(-c7sc(-c8cc(CCCCCC)c(-c9ccc(-c%10ccc(-c%11sc(CCC[C]%12[CH][CH][CH][CH]%12)cc%11CCCCCC)s%10)s9)s8)cc7CCCCCC)s6)s5)s4)cc3CCCCCC)s2)s1.[CH]1[CH][CH][CH][CH]1.[Fe+2]. The molecule has 0 bridgehead atoms. The van der Waals surface area contributed by atoms with Crippen LogP contribution in [0.4, 0.5) is 0 Å². The first-order valence-electron chi connectivity index (χ1n) is 41.5. The second-order valence-corrected chi connectivity index (χ2v) is 42.4. The average Bonchev–Trinajstić information content (AvgIpc) is 1.63. The summed E-state index contributed by atoms with van der Waals surface area (Å²) in [6.45, 7) is 14.0. The van der Waals surface area contributed by atoms with Gasteiger partial charge in [-0.05, 0) is 308 Å². The molecule has 12 heterocycles. The van der Waals surface area contributed by atoms with Gasteiger partial charge in [-0.15, -0.1) is 136 Å². The van der Waals surface area contributed by atoms with Crippen LogP contribution in [-0.4, -0.2) is 0 Å². The molecular formula is C97H112FeS12+2. The van der Waals surface area contributed by atoms with Crippen LogP contribution in [0.3, 0.4) is 0 Å². The van der Waals surface area contributed by atoms with Crippen LogP contribution in [0.25, 0.3) is 107 Å². The van der Waals surface area contributed by atoms with Crippen molar-refractivity contribution in [3.63, 3.8) is 0 Å². The molecule has 0 unspecified atom stereocenters. The van der Waals surface area contributed by atoms with E-state index in [1.807, 2.05) is 111 Å². The van der Waals surface area contributed by atoms with E-state index in [4.69, 9.17) is 0 Å². The summed E-state index contributed by atoms with van der Waals surface area (Å²) in [5, 5.41) is 2.31. The second kappa shape index (κ2) is 45.6. The van der Waals surface area contributed by atoms with Gasteiger partial charge in [-0.3, -0.25) is 0 Å². The molecule has 12 aromatic heterocycles. The minimum atomic E-state index is 0. The van der Waals surface area contributed by atoms with Gasteiger partial charge in [0.2, 0.25) is 0 Å². The van der Waals surface area contributed by atoms with Crippen molar-refractivity contribution in [3.8, 4) is 107 Å². The molecule has 2 saturated carbocycles. The molecular weight excluding hydrogens is 1610 g/mol. The third-order valence-electron chi connectivity index (χ3n) is 21.0. The van der Waals surface area contributed by atoms with Gasteiger partial charge in [0.1, 0.15) is 0 Å². The molecule has 0 spiro atoms. The van der Waals surface area contributed by atoms with Crippen LogP contribution >= 0.6 is 136 Å². The molecule has 0 saturated heterocycles. The molecule has 2 fully saturated rings. The van der Waals surface area contributed by atoms with Gasteiger partial charge in [-0.25, -0.2) is 0 Å². The van der Waals surface area contributed by atoms with E-state index in [1.54, 1.807) is 32.7 Å². The van der Waals surface area contributed by atoms with Crippen LogP contribution in [0.1, 0.15) is 247 Å². The van der Waals surface area contributed by atoms with Gasteiger partial charge in [0.05, 0.1) is 0 Å². The molecule has 13 heteroatoms. The molecule has 0 aromatic carbocycles. The summed E-state index contributed by atoms with van der Waals surface area (Å²) in [6, 6.07) is 44.6. The van der Waals surface area contributed by atoms with Gasteiger partial charge in [0.15, 0.2) is 0 Å². The first-order chi connectivity index (χ1) is 53.8. The zero-order valence-electron chi connectivity index (χ0n) is 65.8. The fraction of sp³-hybridized carbons (Fsp3) is 0.402. The summed E-state index contributed by atoms with van der Waals surface area (Å²) >= 11 is 24.3.